The zero-order chi connectivity index (χ0) is 14.6. The summed E-state index contributed by atoms with van der Waals surface area (Å²) in [5, 5.41) is 4.75. The Labute approximate surface area is 123 Å². The average Bonchev–Trinajstić information content (AvgIpc) is 2.92. The zero-order valence-corrected chi connectivity index (χ0v) is 13.0. The first-order chi connectivity index (χ1) is 9.47. The van der Waals surface area contributed by atoms with Crippen molar-refractivity contribution in [1.82, 2.24) is 14.5 Å². The lowest BCUT2D eigenvalue weighted by molar-refractivity contribution is 0.0949. The molecular formula is C12H19N3O3S2. The Kier molecular flexibility index (Phi) is 5.14. The van der Waals surface area contributed by atoms with Gasteiger partial charge in [-0.05, 0) is 11.4 Å². The molecule has 1 amide bonds. The van der Waals surface area contributed by atoms with Crippen molar-refractivity contribution < 1.29 is 13.2 Å². The summed E-state index contributed by atoms with van der Waals surface area (Å²) in [5.41, 5.74) is 0. The fourth-order valence-electron chi connectivity index (χ4n) is 2.11. The van der Waals surface area contributed by atoms with Crippen LogP contribution in [0, 0.1) is 0 Å². The predicted molar refractivity (Wildman–Crippen MR) is 79.5 cm³/mol. The Balaban J connectivity index is 1.68. The number of amides is 1. The fraction of sp³-hybridized carbons (Fsp3) is 0.583. The Bertz CT molecular complexity index is 534. The predicted octanol–water partition coefficient (Wildman–Crippen LogP) is 0.0551. The third-order valence-electron chi connectivity index (χ3n) is 3.26. The number of carbonyl (C=O) groups excluding carboxylic acids is 1. The second kappa shape index (κ2) is 6.66. The van der Waals surface area contributed by atoms with E-state index in [9.17, 15) is 13.2 Å². The maximum atomic E-state index is 11.7. The summed E-state index contributed by atoms with van der Waals surface area (Å²) in [6, 6.07) is 3.65. The molecule has 1 N–H and O–H groups in total. The molecule has 8 heteroatoms. The Morgan fingerprint density at radius 2 is 2.05 bits per heavy atom. The van der Waals surface area contributed by atoms with Crippen LogP contribution in [-0.2, 0) is 10.0 Å². The normalized spacial score (nSPS) is 18.1. The van der Waals surface area contributed by atoms with Gasteiger partial charge < -0.3 is 5.32 Å². The molecule has 1 fully saturated rings. The summed E-state index contributed by atoms with van der Waals surface area (Å²) in [4.78, 5) is 14.6. The second-order valence-electron chi connectivity index (χ2n) is 4.74. The van der Waals surface area contributed by atoms with Crippen molar-refractivity contribution in [3.8, 4) is 0 Å². The van der Waals surface area contributed by atoms with E-state index in [2.05, 4.69) is 10.2 Å². The van der Waals surface area contributed by atoms with E-state index in [1.54, 1.807) is 6.07 Å². The molecule has 20 heavy (non-hydrogen) atoms. The van der Waals surface area contributed by atoms with Crippen molar-refractivity contribution in [3.05, 3.63) is 22.4 Å². The van der Waals surface area contributed by atoms with Crippen LogP contribution in [0.1, 0.15) is 9.67 Å². The number of nitrogens with zero attached hydrogens (tertiary/aromatic N) is 2. The van der Waals surface area contributed by atoms with Crippen molar-refractivity contribution in [2.24, 2.45) is 0 Å². The molecule has 0 aromatic carbocycles. The molecule has 112 valence electrons. The van der Waals surface area contributed by atoms with Gasteiger partial charge in [0.2, 0.25) is 10.0 Å². The van der Waals surface area contributed by atoms with Gasteiger partial charge in [0.15, 0.2) is 0 Å². The van der Waals surface area contributed by atoms with E-state index in [4.69, 9.17) is 0 Å². The summed E-state index contributed by atoms with van der Waals surface area (Å²) in [6.07, 6.45) is 1.24. The van der Waals surface area contributed by atoms with E-state index in [-0.39, 0.29) is 5.91 Å². The molecule has 0 atom stereocenters. The Morgan fingerprint density at radius 3 is 2.60 bits per heavy atom. The number of hydrogen-bond donors (Lipinski definition) is 1. The number of rotatable bonds is 5. The van der Waals surface area contributed by atoms with Crippen LogP contribution >= 0.6 is 11.3 Å². The topological polar surface area (TPSA) is 69.7 Å². The van der Waals surface area contributed by atoms with Gasteiger partial charge in [-0.3, -0.25) is 9.69 Å². The lowest BCUT2D eigenvalue weighted by Crippen LogP contribution is -2.49. The van der Waals surface area contributed by atoms with Crippen LogP contribution in [0.5, 0.6) is 0 Å². The number of thiophene rings is 1. The highest BCUT2D eigenvalue weighted by molar-refractivity contribution is 7.88. The number of nitrogens with one attached hydrogen (secondary N) is 1. The maximum Gasteiger partial charge on any atom is 0.261 e. The molecule has 0 bridgehead atoms. The fourth-order valence-corrected chi connectivity index (χ4v) is 3.57. The van der Waals surface area contributed by atoms with Crippen molar-refractivity contribution in [2.45, 2.75) is 0 Å². The maximum absolute atomic E-state index is 11.7. The summed E-state index contributed by atoms with van der Waals surface area (Å²) in [5.74, 6) is -0.0465. The largest absolute Gasteiger partial charge is 0.350 e. The average molecular weight is 317 g/mol. The molecule has 0 unspecified atom stereocenters. The minimum atomic E-state index is -3.07. The van der Waals surface area contributed by atoms with Gasteiger partial charge in [0.25, 0.3) is 5.91 Å². The number of piperazine rings is 1. The van der Waals surface area contributed by atoms with Gasteiger partial charge in [0.1, 0.15) is 0 Å². The van der Waals surface area contributed by atoms with E-state index in [1.807, 2.05) is 11.4 Å². The third kappa shape index (κ3) is 4.27. The molecule has 1 aromatic rings. The number of carbonyl (C=O) groups is 1. The summed E-state index contributed by atoms with van der Waals surface area (Å²) in [6.45, 7) is 3.80. The van der Waals surface area contributed by atoms with Crippen LogP contribution in [0.15, 0.2) is 17.5 Å². The smallest absolute Gasteiger partial charge is 0.261 e. The Morgan fingerprint density at radius 1 is 1.35 bits per heavy atom. The molecule has 2 heterocycles. The van der Waals surface area contributed by atoms with Gasteiger partial charge in [0.05, 0.1) is 11.1 Å². The highest BCUT2D eigenvalue weighted by Crippen LogP contribution is 2.08. The highest BCUT2D eigenvalue weighted by atomic mass is 32.2. The minimum Gasteiger partial charge on any atom is -0.350 e. The van der Waals surface area contributed by atoms with Gasteiger partial charge in [0, 0.05) is 39.3 Å². The molecule has 1 aromatic heterocycles. The molecule has 0 radical (unpaired) electrons. The van der Waals surface area contributed by atoms with Gasteiger partial charge in [-0.25, -0.2) is 8.42 Å². The van der Waals surface area contributed by atoms with Gasteiger partial charge in [-0.15, -0.1) is 11.3 Å². The van der Waals surface area contributed by atoms with Crippen LogP contribution in [0.4, 0.5) is 0 Å². The first kappa shape index (κ1) is 15.4. The van der Waals surface area contributed by atoms with Crippen molar-refractivity contribution in [2.75, 3.05) is 45.5 Å². The molecule has 0 spiro atoms. The molecule has 1 aliphatic rings. The third-order valence-corrected chi connectivity index (χ3v) is 5.43. The van der Waals surface area contributed by atoms with E-state index >= 15 is 0 Å². The van der Waals surface area contributed by atoms with Crippen LogP contribution in [0.25, 0.3) is 0 Å². The van der Waals surface area contributed by atoms with Crippen LogP contribution in [-0.4, -0.2) is 69.1 Å². The van der Waals surface area contributed by atoms with E-state index in [0.717, 1.165) is 6.54 Å². The molecule has 6 nitrogen and oxygen atoms in total. The van der Waals surface area contributed by atoms with Crippen LogP contribution in [0.3, 0.4) is 0 Å². The molecule has 2 rings (SSSR count). The monoisotopic (exact) mass is 317 g/mol. The van der Waals surface area contributed by atoms with E-state index < -0.39 is 10.0 Å². The van der Waals surface area contributed by atoms with Crippen LogP contribution in [0.2, 0.25) is 0 Å². The SMILES string of the molecule is CS(=O)(=O)N1CCN(CCNC(=O)c2cccs2)CC1. The Hall–Kier alpha value is -0.960. The summed E-state index contributed by atoms with van der Waals surface area (Å²) < 4.78 is 24.3. The zero-order valence-electron chi connectivity index (χ0n) is 11.4. The van der Waals surface area contributed by atoms with Gasteiger partial charge in [-0.2, -0.15) is 4.31 Å². The van der Waals surface area contributed by atoms with Crippen LogP contribution < -0.4 is 5.32 Å². The van der Waals surface area contributed by atoms with Crippen molar-refractivity contribution >= 4 is 27.3 Å². The summed E-state index contributed by atoms with van der Waals surface area (Å²) >= 11 is 1.42. The number of hydrogen-bond acceptors (Lipinski definition) is 5. The van der Waals surface area contributed by atoms with Gasteiger partial charge in [-0.1, -0.05) is 6.07 Å². The highest BCUT2D eigenvalue weighted by Gasteiger charge is 2.22. The van der Waals surface area contributed by atoms with Gasteiger partial charge >= 0.3 is 0 Å². The molecule has 0 saturated carbocycles. The molecule has 1 saturated heterocycles. The first-order valence-corrected chi connectivity index (χ1v) is 9.19. The lowest BCUT2D eigenvalue weighted by atomic mass is 10.3. The van der Waals surface area contributed by atoms with Crippen molar-refractivity contribution in [1.29, 1.82) is 0 Å². The first-order valence-electron chi connectivity index (χ1n) is 6.46. The summed E-state index contributed by atoms with van der Waals surface area (Å²) in [7, 11) is -3.07. The molecule has 0 aliphatic carbocycles. The quantitative estimate of drug-likeness (QED) is 0.833. The van der Waals surface area contributed by atoms with E-state index in [0.29, 0.717) is 37.6 Å². The molecule has 1 aliphatic heterocycles. The lowest BCUT2D eigenvalue weighted by Gasteiger charge is -2.33. The van der Waals surface area contributed by atoms with E-state index in [1.165, 1.54) is 21.9 Å². The standard InChI is InChI=1S/C12H19N3O3S2/c1-20(17,18)15-8-6-14(7-9-15)5-4-13-12(16)11-3-2-10-19-11/h2-3,10H,4-9H2,1H3,(H,13,16). The number of sulfonamides is 1. The van der Waals surface area contributed by atoms with Crippen molar-refractivity contribution in [3.63, 3.8) is 0 Å². The minimum absolute atomic E-state index is 0.0465. The molecular weight excluding hydrogens is 298 g/mol. The second-order valence-corrected chi connectivity index (χ2v) is 7.67.